The van der Waals surface area contributed by atoms with E-state index in [1.807, 2.05) is 0 Å². The van der Waals surface area contributed by atoms with Gasteiger partial charge in [0.1, 0.15) is 0 Å². The van der Waals surface area contributed by atoms with Gasteiger partial charge in [-0.2, -0.15) is 0 Å². The van der Waals surface area contributed by atoms with Gasteiger partial charge in [0.05, 0.1) is 4.90 Å². The number of rotatable bonds is 4. The van der Waals surface area contributed by atoms with Crippen LogP contribution in [0.3, 0.4) is 0 Å². The van der Waals surface area contributed by atoms with Crippen molar-refractivity contribution in [2.45, 2.75) is 36.6 Å². The fourth-order valence-corrected chi connectivity index (χ4v) is 3.80. The molecule has 1 aromatic rings. The van der Waals surface area contributed by atoms with Gasteiger partial charge in [-0.3, -0.25) is 0 Å². The minimum Gasteiger partial charge on any atom is -0.396 e. The third-order valence-corrected chi connectivity index (χ3v) is 5.34. The van der Waals surface area contributed by atoms with Crippen molar-refractivity contribution < 1.29 is 13.5 Å². The van der Waals surface area contributed by atoms with Crippen LogP contribution in [0.2, 0.25) is 5.02 Å². The third kappa shape index (κ3) is 3.92. The Hall–Kier alpha value is -0.620. The van der Waals surface area contributed by atoms with Gasteiger partial charge in [0.2, 0.25) is 10.0 Å². The van der Waals surface area contributed by atoms with Crippen LogP contribution >= 0.6 is 11.6 Å². The topological polar surface area (TPSA) is 66.4 Å². The molecule has 0 heterocycles. The van der Waals surface area contributed by atoms with Crippen LogP contribution in [0, 0.1) is 5.92 Å². The van der Waals surface area contributed by atoms with Crippen LogP contribution in [0.15, 0.2) is 29.2 Å². The summed E-state index contributed by atoms with van der Waals surface area (Å²) in [6.45, 7) is 0.191. The van der Waals surface area contributed by atoms with Crippen molar-refractivity contribution in [2.24, 2.45) is 5.92 Å². The zero-order valence-electron chi connectivity index (χ0n) is 10.5. The smallest absolute Gasteiger partial charge is 0.240 e. The zero-order valence-corrected chi connectivity index (χ0v) is 12.1. The molecule has 1 saturated carbocycles. The number of hydrogen-bond donors (Lipinski definition) is 2. The lowest BCUT2D eigenvalue weighted by Crippen LogP contribution is -2.38. The SMILES string of the molecule is O=S(=O)(NC1CCC(CO)CC1)c1ccc(Cl)cc1. The molecule has 0 bridgehead atoms. The summed E-state index contributed by atoms with van der Waals surface area (Å²) in [6.07, 6.45) is 3.28. The van der Waals surface area contributed by atoms with Crippen molar-refractivity contribution in [1.82, 2.24) is 4.72 Å². The second-order valence-corrected chi connectivity index (χ2v) is 7.13. The molecular weight excluding hydrogens is 286 g/mol. The Morgan fingerprint density at radius 3 is 2.26 bits per heavy atom. The fraction of sp³-hybridized carbons (Fsp3) is 0.538. The monoisotopic (exact) mass is 303 g/mol. The van der Waals surface area contributed by atoms with E-state index in [4.69, 9.17) is 16.7 Å². The highest BCUT2D eigenvalue weighted by atomic mass is 35.5. The van der Waals surface area contributed by atoms with Crippen LogP contribution in [-0.4, -0.2) is 26.2 Å². The van der Waals surface area contributed by atoms with Gasteiger partial charge in [-0.25, -0.2) is 13.1 Å². The first kappa shape index (κ1) is 14.8. The Kier molecular flexibility index (Phi) is 4.84. The van der Waals surface area contributed by atoms with E-state index in [9.17, 15) is 8.42 Å². The molecule has 1 aliphatic carbocycles. The summed E-state index contributed by atoms with van der Waals surface area (Å²) >= 11 is 5.75. The number of sulfonamides is 1. The van der Waals surface area contributed by atoms with Gasteiger partial charge in [-0.05, 0) is 55.9 Å². The van der Waals surface area contributed by atoms with Crippen LogP contribution in [0.25, 0.3) is 0 Å². The number of benzene rings is 1. The van der Waals surface area contributed by atoms with Crippen molar-refractivity contribution in [3.8, 4) is 0 Å². The standard InChI is InChI=1S/C13H18ClNO3S/c14-11-3-7-13(8-4-11)19(17,18)15-12-5-1-10(9-16)2-6-12/h3-4,7-8,10,12,15-16H,1-2,5-6,9H2. The Morgan fingerprint density at radius 1 is 1.16 bits per heavy atom. The third-order valence-electron chi connectivity index (χ3n) is 3.55. The van der Waals surface area contributed by atoms with Crippen LogP contribution < -0.4 is 4.72 Å². The van der Waals surface area contributed by atoms with Gasteiger partial charge in [-0.1, -0.05) is 11.6 Å². The molecule has 2 N–H and O–H groups in total. The summed E-state index contributed by atoms with van der Waals surface area (Å²) in [6, 6.07) is 6.11. The molecule has 0 unspecified atom stereocenters. The van der Waals surface area contributed by atoms with Gasteiger partial charge in [0, 0.05) is 17.7 Å². The molecule has 0 aliphatic heterocycles. The first-order valence-electron chi connectivity index (χ1n) is 6.40. The summed E-state index contributed by atoms with van der Waals surface area (Å²) < 4.78 is 27.0. The number of aliphatic hydroxyl groups excluding tert-OH is 1. The largest absolute Gasteiger partial charge is 0.396 e. The van der Waals surface area contributed by atoms with Crippen molar-refractivity contribution in [3.05, 3.63) is 29.3 Å². The molecule has 2 rings (SSSR count). The van der Waals surface area contributed by atoms with Crippen LogP contribution in [0.1, 0.15) is 25.7 Å². The molecule has 0 radical (unpaired) electrons. The summed E-state index contributed by atoms with van der Waals surface area (Å²) in [5, 5.41) is 9.58. The molecule has 0 amide bonds. The first-order valence-corrected chi connectivity index (χ1v) is 8.26. The number of nitrogens with one attached hydrogen (secondary N) is 1. The van der Waals surface area contributed by atoms with E-state index in [1.165, 1.54) is 12.1 Å². The predicted molar refractivity (Wildman–Crippen MR) is 74.6 cm³/mol. The average molecular weight is 304 g/mol. The number of hydrogen-bond acceptors (Lipinski definition) is 3. The Bertz CT molecular complexity index is 507. The lowest BCUT2D eigenvalue weighted by atomic mass is 9.87. The average Bonchev–Trinajstić information content (AvgIpc) is 2.40. The molecule has 4 nitrogen and oxygen atoms in total. The van der Waals surface area contributed by atoms with Crippen molar-refractivity contribution in [2.75, 3.05) is 6.61 Å². The molecule has 0 aromatic heterocycles. The molecule has 0 spiro atoms. The minimum absolute atomic E-state index is 0.0384. The fourth-order valence-electron chi connectivity index (χ4n) is 2.36. The maximum atomic E-state index is 12.2. The van der Waals surface area contributed by atoms with Crippen LogP contribution in [0.5, 0.6) is 0 Å². The highest BCUT2D eigenvalue weighted by Crippen LogP contribution is 2.25. The van der Waals surface area contributed by atoms with Crippen molar-refractivity contribution in [3.63, 3.8) is 0 Å². The summed E-state index contributed by atoms with van der Waals surface area (Å²) in [4.78, 5) is 0.237. The molecular formula is C13H18ClNO3S. The highest BCUT2D eigenvalue weighted by Gasteiger charge is 2.25. The van der Waals surface area contributed by atoms with E-state index in [1.54, 1.807) is 12.1 Å². The molecule has 0 saturated heterocycles. The van der Waals surface area contributed by atoms with Crippen molar-refractivity contribution >= 4 is 21.6 Å². The second-order valence-electron chi connectivity index (χ2n) is 4.98. The van der Waals surface area contributed by atoms with Gasteiger partial charge >= 0.3 is 0 Å². The second kappa shape index (κ2) is 6.22. The normalized spacial score (nSPS) is 24.3. The minimum atomic E-state index is -3.47. The summed E-state index contributed by atoms with van der Waals surface area (Å²) in [5.74, 6) is 0.316. The first-order chi connectivity index (χ1) is 9.01. The van der Waals surface area contributed by atoms with E-state index in [-0.39, 0.29) is 17.5 Å². The maximum Gasteiger partial charge on any atom is 0.240 e. The van der Waals surface area contributed by atoms with E-state index < -0.39 is 10.0 Å². The predicted octanol–water partition coefficient (Wildman–Crippen LogP) is 2.17. The summed E-state index contributed by atoms with van der Waals surface area (Å²) in [5.41, 5.74) is 0. The van der Waals surface area contributed by atoms with Crippen LogP contribution in [0.4, 0.5) is 0 Å². The molecule has 106 valence electrons. The molecule has 6 heteroatoms. The lowest BCUT2D eigenvalue weighted by molar-refractivity contribution is 0.180. The number of halogens is 1. The van der Waals surface area contributed by atoms with E-state index >= 15 is 0 Å². The van der Waals surface area contributed by atoms with Gasteiger partial charge < -0.3 is 5.11 Å². The van der Waals surface area contributed by atoms with E-state index in [0.717, 1.165) is 25.7 Å². The van der Waals surface area contributed by atoms with E-state index in [0.29, 0.717) is 10.9 Å². The van der Waals surface area contributed by atoms with Gasteiger partial charge in [0.25, 0.3) is 0 Å². The molecule has 1 aromatic carbocycles. The number of aliphatic hydroxyl groups is 1. The van der Waals surface area contributed by atoms with Gasteiger partial charge in [-0.15, -0.1) is 0 Å². The van der Waals surface area contributed by atoms with E-state index in [2.05, 4.69) is 4.72 Å². The molecule has 1 fully saturated rings. The van der Waals surface area contributed by atoms with Gasteiger partial charge in [0.15, 0.2) is 0 Å². The quantitative estimate of drug-likeness (QED) is 0.896. The Balaban J connectivity index is 2.00. The summed E-state index contributed by atoms with van der Waals surface area (Å²) in [7, 11) is -3.47. The molecule has 1 aliphatic rings. The highest BCUT2D eigenvalue weighted by molar-refractivity contribution is 7.89. The maximum absolute atomic E-state index is 12.2. The van der Waals surface area contributed by atoms with Crippen LogP contribution in [-0.2, 0) is 10.0 Å². The molecule has 0 atom stereocenters. The lowest BCUT2D eigenvalue weighted by Gasteiger charge is -2.27. The molecule has 19 heavy (non-hydrogen) atoms. The van der Waals surface area contributed by atoms with Crippen molar-refractivity contribution in [1.29, 1.82) is 0 Å². The Morgan fingerprint density at radius 2 is 1.74 bits per heavy atom. The Labute approximate surface area is 118 Å². The zero-order chi connectivity index (χ0) is 13.9.